The van der Waals surface area contributed by atoms with E-state index in [9.17, 15) is 4.79 Å². The number of carboxylic acid groups (broad SMARTS) is 1. The van der Waals surface area contributed by atoms with Crippen LogP contribution in [0.5, 0.6) is 0 Å². The molecule has 0 spiro atoms. The minimum Gasteiger partial charge on any atom is -0.481 e. The molecule has 1 aliphatic carbocycles. The maximum Gasteiger partial charge on any atom is 0.313 e. The molecule has 1 aromatic heterocycles. The van der Waals surface area contributed by atoms with Crippen molar-refractivity contribution in [1.29, 1.82) is 0 Å². The lowest BCUT2D eigenvalue weighted by molar-refractivity contribution is -0.133. The van der Waals surface area contributed by atoms with Crippen molar-refractivity contribution in [2.75, 3.05) is 12.0 Å². The van der Waals surface area contributed by atoms with Crippen molar-refractivity contribution in [3.05, 3.63) is 23.8 Å². The van der Waals surface area contributed by atoms with E-state index in [1.165, 1.54) is 30.2 Å². The van der Waals surface area contributed by atoms with Gasteiger partial charge in [0.25, 0.3) is 0 Å². The third-order valence-corrected chi connectivity index (χ3v) is 6.31. The van der Waals surface area contributed by atoms with Crippen molar-refractivity contribution >= 4 is 40.5 Å². The average Bonchev–Trinajstić information content (AvgIpc) is 3.13. The largest absolute Gasteiger partial charge is 0.481 e. The van der Waals surface area contributed by atoms with Gasteiger partial charge in [-0.05, 0) is 37.7 Å². The first-order chi connectivity index (χ1) is 10.0. The van der Waals surface area contributed by atoms with Crippen LogP contribution in [0.2, 0.25) is 0 Å². The number of carboxylic acids is 1. The molecule has 1 N–H and O–H groups in total. The van der Waals surface area contributed by atoms with Crippen LogP contribution in [0.1, 0.15) is 18.4 Å². The van der Waals surface area contributed by atoms with Gasteiger partial charge in [0, 0.05) is 11.3 Å². The van der Waals surface area contributed by atoms with E-state index >= 15 is 0 Å². The van der Waals surface area contributed by atoms with E-state index in [0.29, 0.717) is 4.75 Å². The number of fused-ring (bicyclic) bond motifs is 1. The molecule has 0 amide bonds. The lowest BCUT2D eigenvalue weighted by atomic mass is 10.2. The molecule has 0 radical (unpaired) electrons. The van der Waals surface area contributed by atoms with Gasteiger partial charge < -0.3 is 9.67 Å². The molecule has 0 aliphatic heterocycles. The zero-order valence-electron chi connectivity index (χ0n) is 12.1. The van der Waals surface area contributed by atoms with Gasteiger partial charge >= 0.3 is 5.97 Å². The summed E-state index contributed by atoms with van der Waals surface area (Å²) >= 11 is 3.22. The minimum absolute atomic E-state index is 0.0502. The van der Waals surface area contributed by atoms with E-state index < -0.39 is 5.97 Å². The van der Waals surface area contributed by atoms with Gasteiger partial charge in [0.05, 0.1) is 16.8 Å². The van der Waals surface area contributed by atoms with Crippen LogP contribution < -0.4 is 0 Å². The van der Waals surface area contributed by atoms with Crippen molar-refractivity contribution in [1.82, 2.24) is 9.55 Å². The minimum atomic E-state index is -0.804. The molecular formula is C15H18N2O2S2. The van der Waals surface area contributed by atoms with Gasteiger partial charge in [0.2, 0.25) is 0 Å². The summed E-state index contributed by atoms with van der Waals surface area (Å²) in [5, 5.41) is 9.75. The molecule has 1 saturated carbocycles. The van der Waals surface area contributed by atoms with Crippen molar-refractivity contribution in [3.63, 3.8) is 0 Å². The van der Waals surface area contributed by atoms with Gasteiger partial charge in [-0.2, -0.15) is 11.8 Å². The van der Waals surface area contributed by atoms with Crippen LogP contribution in [0.3, 0.4) is 0 Å². The normalized spacial score (nSPS) is 16.3. The lowest BCUT2D eigenvalue weighted by Gasteiger charge is -2.16. The molecule has 1 aromatic carbocycles. The Bertz CT molecular complexity index is 692. The predicted octanol–water partition coefficient (Wildman–Crippen LogP) is 3.42. The molecule has 0 unspecified atom stereocenters. The molecule has 0 atom stereocenters. The molecule has 3 rings (SSSR count). The van der Waals surface area contributed by atoms with E-state index in [0.717, 1.165) is 22.7 Å². The van der Waals surface area contributed by atoms with Gasteiger partial charge in [0.15, 0.2) is 5.16 Å². The Hall–Kier alpha value is -1.14. The number of imidazole rings is 1. The number of thioether (sulfide) groups is 2. The van der Waals surface area contributed by atoms with E-state index in [1.807, 2.05) is 23.9 Å². The van der Waals surface area contributed by atoms with Crippen molar-refractivity contribution in [3.8, 4) is 0 Å². The number of carbonyl (C=O) groups is 1. The fraction of sp³-hybridized carbons (Fsp3) is 0.467. The summed E-state index contributed by atoms with van der Waals surface area (Å²) in [6, 6.07) is 6.09. The fourth-order valence-corrected chi connectivity index (χ4v) is 4.08. The lowest BCUT2D eigenvalue weighted by Crippen LogP contribution is -2.15. The smallest absolute Gasteiger partial charge is 0.313 e. The highest BCUT2D eigenvalue weighted by atomic mass is 32.2. The predicted molar refractivity (Wildman–Crippen MR) is 88.3 cm³/mol. The molecule has 0 bridgehead atoms. The van der Waals surface area contributed by atoms with Gasteiger partial charge in [-0.1, -0.05) is 23.9 Å². The van der Waals surface area contributed by atoms with Crippen molar-refractivity contribution in [2.45, 2.75) is 36.2 Å². The summed E-state index contributed by atoms with van der Waals surface area (Å²) in [6.07, 6.45) is 4.61. The third-order valence-electron chi connectivity index (χ3n) is 3.95. The number of hydrogen-bond donors (Lipinski definition) is 1. The second-order valence-corrected chi connectivity index (χ2v) is 7.71. The molecule has 1 heterocycles. The Morgan fingerprint density at radius 1 is 1.48 bits per heavy atom. The Labute approximate surface area is 132 Å². The highest BCUT2D eigenvalue weighted by Crippen LogP contribution is 2.49. The molecule has 0 saturated heterocycles. The van der Waals surface area contributed by atoms with Crippen molar-refractivity contribution in [2.24, 2.45) is 0 Å². The molecule has 4 nitrogen and oxygen atoms in total. The average molecular weight is 322 g/mol. The second-order valence-electron chi connectivity index (χ2n) is 5.49. The van der Waals surface area contributed by atoms with Crippen LogP contribution >= 0.6 is 23.5 Å². The van der Waals surface area contributed by atoms with Crippen LogP contribution in [0, 0.1) is 6.92 Å². The van der Waals surface area contributed by atoms with Gasteiger partial charge in [-0.15, -0.1) is 0 Å². The van der Waals surface area contributed by atoms with Crippen LogP contribution in [0.4, 0.5) is 0 Å². The van der Waals surface area contributed by atoms with E-state index in [2.05, 4.69) is 28.8 Å². The van der Waals surface area contributed by atoms with Gasteiger partial charge in [-0.25, -0.2) is 4.98 Å². The Balaban J connectivity index is 2.03. The van der Waals surface area contributed by atoms with E-state index in [4.69, 9.17) is 5.11 Å². The summed E-state index contributed by atoms with van der Waals surface area (Å²) in [6.45, 7) is 3.00. The maximum atomic E-state index is 10.9. The fourth-order valence-electron chi connectivity index (χ4n) is 2.58. The quantitative estimate of drug-likeness (QED) is 0.826. The summed E-state index contributed by atoms with van der Waals surface area (Å²) in [5.74, 6) is -0.754. The van der Waals surface area contributed by atoms with Crippen LogP contribution in [0.25, 0.3) is 11.0 Å². The molecule has 2 aromatic rings. The highest BCUT2D eigenvalue weighted by Gasteiger charge is 2.43. The monoisotopic (exact) mass is 322 g/mol. The molecule has 1 aliphatic rings. The first-order valence-electron chi connectivity index (χ1n) is 6.90. The van der Waals surface area contributed by atoms with E-state index in [1.54, 1.807) is 0 Å². The number of para-hydroxylation sites is 1. The summed E-state index contributed by atoms with van der Waals surface area (Å²) in [5.41, 5.74) is 3.30. The number of benzene rings is 1. The molecule has 6 heteroatoms. The van der Waals surface area contributed by atoms with Crippen molar-refractivity contribution < 1.29 is 9.90 Å². The third kappa shape index (κ3) is 2.92. The Morgan fingerprint density at radius 2 is 2.24 bits per heavy atom. The second kappa shape index (κ2) is 5.57. The number of aliphatic carboxylic acids is 1. The summed E-state index contributed by atoms with van der Waals surface area (Å²) in [4.78, 5) is 15.5. The SMILES string of the molecule is CSC1(Cn2c(SCC(=O)O)nc3cccc(C)c32)CC1. The first kappa shape index (κ1) is 14.8. The van der Waals surface area contributed by atoms with Gasteiger partial charge in [-0.3, -0.25) is 4.79 Å². The number of rotatable bonds is 6. The standard InChI is InChI=1S/C15H18N2O2S2/c1-10-4-3-5-11-13(10)17(9-15(20-2)6-7-15)14(16-11)21-8-12(18)19/h3-5H,6-9H2,1-2H3,(H,18,19). The zero-order chi connectivity index (χ0) is 15.0. The Morgan fingerprint density at radius 3 is 2.86 bits per heavy atom. The summed E-state index contributed by atoms with van der Waals surface area (Å²) in [7, 11) is 0. The Kier molecular flexibility index (Phi) is 3.92. The first-order valence-corrected chi connectivity index (χ1v) is 9.11. The maximum absolute atomic E-state index is 10.9. The van der Waals surface area contributed by atoms with Crippen LogP contribution in [-0.2, 0) is 11.3 Å². The number of aryl methyl sites for hydroxylation is 1. The summed E-state index contributed by atoms with van der Waals surface area (Å²) < 4.78 is 2.54. The molecular weight excluding hydrogens is 304 g/mol. The molecule has 1 fully saturated rings. The topological polar surface area (TPSA) is 55.1 Å². The van der Waals surface area contributed by atoms with Crippen LogP contribution in [-0.4, -0.2) is 37.4 Å². The van der Waals surface area contributed by atoms with E-state index in [-0.39, 0.29) is 5.75 Å². The van der Waals surface area contributed by atoms with Gasteiger partial charge in [0.1, 0.15) is 0 Å². The zero-order valence-corrected chi connectivity index (χ0v) is 13.8. The van der Waals surface area contributed by atoms with Crippen LogP contribution in [0.15, 0.2) is 23.4 Å². The molecule has 21 heavy (non-hydrogen) atoms. The number of hydrogen-bond acceptors (Lipinski definition) is 4. The number of aromatic nitrogens is 2. The highest BCUT2D eigenvalue weighted by molar-refractivity contribution is 8.00. The number of nitrogens with zero attached hydrogens (tertiary/aromatic N) is 2. The molecule has 112 valence electrons.